The quantitative estimate of drug-likeness (QED) is 0.643. The van der Waals surface area contributed by atoms with Crippen LogP contribution < -0.4 is 0 Å². The second kappa shape index (κ2) is 5.84. The Morgan fingerprint density at radius 3 is 2.42 bits per heavy atom. The molecule has 0 heterocycles. The van der Waals surface area contributed by atoms with Crippen LogP contribution in [0.1, 0.15) is 20.3 Å². The number of nitrogens with zero attached hydrogens (tertiary/aromatic N) is 1. The largest absolute Gasteiger partial charge is 0.394 e. The van der Waals surface area contributed by atoms with Crippen molar-refractivity contribution in [3.63, 3.8) is 0 Å². The first-order chi connectivity index (χ1) is 5.54. The number of thioether (sulfide) groups is 1. The fourth-order valence-corrected chi connectivity index (χ4v) is 1.29. The Bertz CT molecular complexity index is 117. The van der Waals surface area contributed by atoms with E-state index in [1.807, 2.05) is 11.8 Å². The lowest BCUT2D eigenvalue weighted by Crippen LogP contribution is -2.44. The molecule has 0 atom stereocenters. The summed E-state index contributed by atoms with van der Waals surface area (Å²) in [5.74, 6) is 1.20. The number of aliphatic hydroxyl groups excluding tert-OH is 1. The lowest BCUT2D eigenvalue weighted by Gasteiger charge is -2.33. The van der Waals surface area contributed by atoms with Crippen molar-refractivity contribution in [2.24, 2.45) is 0 Å². The molecular weight excluding hydrogens is 170 g/mol. The molecule has 0 saturated carbocycles. The molecule has 0 aliphatic carbocycles. The van der Waals surface area contributed by atoms with E-state index in [4.69, 9.17) is 5.11 Å². The molecule has 74 valence electrons. The zero-order valence-corrected chi connectivity index (χ0v) is 9.45. The molecule has 0 aliphatic rings. The highest BCUT2D eigenvalue weighted by Crippen LogP contribution is 2.11. The summed E-state index contributed by atoms with van der Waals surface area (Å²) in [5.41, 5.74) is -0.0710. The van der Waals surface area contributed by atoms with Gasteiger partial charge < -0.3 is 5.11 Å². The van der Waals surface area contributed by atoms with Gasteiger partial charge in [-0.05, 0) is 45.9 Å². The van der Waals surface area contributed by atoms with E-state index in [2.05, 4.69) is 32.1 Å². The first-order valence-electron chi connectivity index (χ1n) is 4.35. The number of hydrogen-bond donors (Lipinski definition) is 1. The van der Waals surface area contributed by atoms with Gasteiger partial charge in [-0.15, -0.1) is 0 Å². The van der Waals surface area contributed by atoms with E-state index >= 15 is 0 Å². The van der Waals surface area contributed by atoms with Gasteiger partial charge in [0, 0.05) is 5.54 Å². The van der Waals surface area contributed by atoms with Crippen LogP contribution in [0.5, 0.6) is 0 Å². The van der Waals surface area contributed by atoms with E-state index in [9.17, 15) is 0 Å². The molecule has 0 saturated heterocycles. The standard InChI is InChI=1S/C9H21NOS/c1-9(2,8-11)10(3)6-5-7-12-4/h11H,5-8H2,1-4H3. The molecule has 12 heavy (non-hydrogen) atoms. The van der Waals surface area contributed by atoms with Crippen LogP contribution in [-0.4, -0.2) is 47.8 Å². The molecule has 0 amide bonds. The Morgan fingerprint density at radius 2 is 2.00 bits per heavy atom. The lowest BCUT2D eigenvalue weighted by atomic mass is 10.1. The average Bonchev–Trinajstić information content (AvgIpc) is 2.05. The van der Waals surface area contributed by atoms with Crippen LogP contribution in [-0.2, 0) is 0 Å². The lowest BCUT2D eigenvalue weighted by molar-refractivity contribution is 0.0795. The van der Waals surface area contributed by atoms with Gasteiger partial charge in [0.05, 0.1) is 6.61 Å². The zero-order valence-electron chi connectivity index (χ0n) is 8.63. The van der Waals surface area contributed by atoms with Crippen LogP contribution in [0.4, 0.5) is 0 Å². The van der Waals surface area contributed by atoms with Crippen molar-refractivity contribution < 1.29 is 5.11 Å². The third-order valence-electron chi connectivity index (χ3n) is 2.26. The summed E-state index contributed by atoms with van der Waals surface area (Å²) < 4.78 is 0. The van der Waals surface area contributed by atoms with Gasteiger partial charge in [0.2, 0.25) is 0 Å². The highest BCUT2D eigenvalue weighted by molar-refractivity contribution is 7.98. The van der Waals surface area contributed by atoms with E-state index in [0.717, 1.165) is 6.54 Å². The maximum absolute atomic E-state index is 9.07. The number of rotatable bonds is 6. The number of aliphatic hydroxyl groups is 1. The second-order valence-electron chi connectivity index (χ2n) is 3.74. The van der Waals surface area contributed by atoms with Crippen molar-refractivity contribution in [2.75, 3.05) is 32.2 Å². The smallest absolute Gasteiger partial charge is 0.0609 e. The van der Waals surface area contributed by atoms with E-state index in [0.29, 0.717) is 0 Å². The molecule has 0 fully saturated rings. The summed E-state index contributed by atoms with van der Waals surface area (Å²) >= 11 is 1.87. The Hall–Kier alpha value is 0.270. The Labute approximate surface area is 80.3 Å². The molecule has 0 aromatic heterocycles. The summed E-state index contributed by atoms with van der Waals surface area (Å²) in [4.78, 5) is 2.21. The summed E-state index contributed by atoms with van der Waals surface area (Å²) in [7, 11) is 2.07. The summed E-state index contributed by atoms with van der Waals surface area (Å²) in [6, 6.07) is 0. The summed E-state index contributed by atoms with van der Waals surface area (Å²) in [6.07, 6.45) is 3.32. The van der Waals surface area contributed by atoms with E-state index in [-0.39, 0.29) is 12.1 Å². The molecule has 0 spiro atoms. The van der Waals surface area contributed by atoms with Gasteiger partial charge in [-0.2, -0.15) is 11.8 Å². The van der Waals surface area contributed by atoms with Crippen LogP contribution in [0.15, 0.2) is 0 Å². The molecule has 0 aromatic carbocycles. The van der Waals surface area contributed by atoms with E-state index < -0.39 is 0 Å². The minimum atomic E-state index is -0.0710. The minimum absolute atomic E-state index is 0.0710. The Balaban J connectivity index is 3.63. The Morgan fingerprint density at radius 1 is 1.42 bits per heavy atom. The van der Waals surface area contributed by atoms with Crippen molar-refractivity contribution in [1.82, 2.24) is 4.90 Å². The predicted octanol–water partition coefficient (Wildman–Crippen LogP) is 1.44. The van der Waals surface area contributed by atoms with Crippen molar-refractivity contribution in [1.29, 1.82) is 0 Å². The summed E-state index contributed by atoms with van der Waals surface area (Å²) in [5, 5.41) is 9.07. The maximum Gasteiger partial charge on any atom is 0.0609 e. The van der Waals surface area contributed by atoms with Crippen LogP contribution in [0.25, 0.3) is 0 Å². The summed E-state index contributed by atoms with van der Waals surface area (Å²) in [6.45, 7) is 5.41. The molecule has 0 aliphatic heterocycles. The fraction of sp³-hybridized carbons (Fsp3) is 1.00. The second-order valence-corrected chi connectivity index (χ2v) is 4.72. The molecule has 0 radical (unpaired) electrons. The van der Waals surface area contributed by atoms with Crippen molar-refractivity contribution in [3.8, 4) is 0 Å². The van der Waals surface area contributed by atoms with Crippen molar-refractivity contribution in [3.05, 3.63) is 0 Å². The molecule has 1 N–H and O–H groups in total. The highest BCUT2D eigenvalue weighted by Gasteiger charge is 2.21. The molecular formula is C9H21NOS. The third-order valence-corrected chi connectivity index (χ3v) is 2.96. The molecule has 3 heteroatoms. The molecule has 0 bridgehead atoms. The third kappa shape index (κ3) is 4.33. The van der Waals surface area contributed by atoms with Crippen molar-refractivity contribution >= 4 is 11.8 Å². The van der Waals surface area contributed by atoms with Gasteiger partial charge in [0.1, 0.15) is 0 Å². The van der Waals surface area contributed by atoms with Gasteiger partial charge in [-0.25, -0.2) is 0 Å². The van der Waals surface area contributed by atoms with Gasteiger partial charge in [-0.1, -0.05) is 0 Å². The predicted molar refractivity (Wildman–Crippen MR) is 56.8 cm³/mol. The molecule has 0 aromatic rings. The minimum Gasteiger partial charge on any atom is -0.394 e. The van der Waals surface area contributed by atoms with Gasteiger partial charge in [0.15, 0.2) is 0 Å². The number of hydrogen-bond acceptors (Lipinski definition) is 3. The molecule has 2 nitrogen and oxygen atoms in total. The van der Waals surface area contributed by atoms with Crippen LogP contribution in [0.2, 0.25) is 0 Å². The van der Waals surface area contributed by atoms with Crippen molar-refractivity contribution in [2.45, 2.75) is 25.8 Å². The van der Waals surface area contributed by atoms with Crippen LogP contribution in [0.3, 0.4) is 0 Å². The SMILES string of the molecule is CSCCCN(C)C(C)(C)CO. The van der Waals surface area contributed by atoms with Crippen LogP contribution >= 0.6 is 11.8 Å². The fourth-order valence-electron chi connectivity index (χ4n) is 0.869. The first kappa shape index (κ1) is 12.3. The maximum atomic E-state index is 9.07. The monoisotopic (exact) mass is 191 g/mol. The first-order valence-corrected chi connectivity index (χ1v) is 5.75. The zero-order chi connectivity index (χ0) is 9.61. The topological polar surface area (TPSA) is 23.5 Å². The Kier molecular flexibility index (Phi) is 5.97. The van der Waals surface area contributed by atoms with Gasteiger partial charge in [0.25, 0.3) is 0 Å². The highest BCUT2D eigenvalue weighted by atomic mass is 32.2. The normalized spacial score (nSPS) is 12.5. The van der Waals surface area contributed by atoms with Gasteiger partial charge >= 0.3 is 0 Å². The van der Waals surface area contributed by atoms with Gasteiger partial charge in [-0.3, -0.25) is 4.90 Å². The van der Waals surface area contributed by atoms with E-state index in [1.165, 1.54) is 12.2 Å². The number of likely N-dealkylation sites (N-methyl/N-ethyl adjacent to an activating group) is 1. The van der Waals surface area contributed by atoms with E-state index in [1.54, 1.807) is 0 Å². The molecule has 0 rings (SSSR count). The average molecular weight is 191 g/mol. The van der Waals surface area contributed by atoms with Crippen LogP contribution in [0, 0.1) is 0 Å². The molecule has 0 unspecified atom stereocenters.